The van der Waals surface area contributed by atoms with Crippen LogP contribution >= 0.6 is 0 Å². The molecule has 2 heterocycles. The summed E-state index contributed by atoms with van der Waals surface area (Å²) in [4.78, 5) is 2.36. The minimum atomic E-state index is 0.115. The molecule has 0 atom stereocenters. The second kappa shape index (κ2) is 6.79. The summed E-state index contributed by atoms with van der Waals surface area (Å²) in [7, 11) is 0. The summed E-state index contributed by atoms with van der Waals surface area (Å²) in [6.45, 7) is 3.53. The number of nitrogens with zero attached hydrogens (tertiary/aromatic N) is 2. The molecule has 4 heteroatoms. The Morgan fingerprint density at radius 3 is 2.41 bits per heavy atom. The van der Waals surface area contributed by atoms with Crippen LogP contribution in [0, 0.1) is 5.41 Å². The van der Waals surface area contributed by atoms with Gasteiger partial charge in [-0.15, -0.1) is 0 Å². The van der Waals surface area contributed by atoms with Gasteiger partial charge in [0.05, 0.1) is 0 Å². The number of aromatic hydroxyl groups is 1. The molecule has 1 saturated heterocycles. The van der Waals surface area contributed by atoms with Gasteiger partial charge in [0.1, 0.15) is 0 Å². The highest BCUT2D eigenvalue weighted by Crippen LogP contribution is 2.17. The maximum Gasteiger partial charge on any atom is 0.168 e. The Morgan fingerprint density at radius 1 is 0.955 bits per heavy atom. The van der Waals surface area contributed by atoms with Gasteiger partial charge >= 0.3 is 0 Å². The summed E-state index contributed by atoms with van der Waals surface area (Å²) in [5.41, 5.74) is 2.18. The van der Waals surface area contributed by atoms with Crippen molar-refractivity contribution in [3.05, 3.63) is 59.2 Å². The van der Waals surface area contributed by atoms with Crippen LogP contribution in [0.4, 0.5) is 0 Å². The number of rotatable bonds is 4. The molecule has 1 fully saturated rings. The van der Waals surface area contributed by atoms with E-state index in [2.05, 4.69) is 4.90 Å². The monoisotopic (exact) mass is 297 g/mol. The summed E-state index contributed by atoms with van der Waals surface area (Å²) < 4.78 is 1.78. The van der Waals surface area contributed by atoms with Gasteiger partial charge in [-0.05, 0) is 37.6 Å². The maximum absolute atomic E-state index is 10.4. The van der Waals surface area contributed by atoms with Gasteiger partial charge in [0.2, 0.25) is 0 Å². The van der Waals surface area contributed by atoms with Crippen LogP contribution in [-0.4, -0.2) is 27.7 Å². The van der Waals surface area contributed by atoms with Crippen molar-refractivity contribution in [1.29, 1.82) is 5.41 Å². The zero-order valence-corrected chi connectivity index (χ0v) is 12.8. The Balaban J connectivity index is 1.77. The van der Waals surface area contributed by atoms with Crippen LogP contribution in [0.3, 0.4) is 0 Å². The third-order valence-electron chi connectivity index (χ3n) is 4.31. The number of benzene rings is 1. The third kappa shape index (κ3) is 3.39. The Morgan fingerprint density at radius 2 is 1.68 bits per heavy atom. The molecule has 1 aromatic carbocycles. The van der Waals surface area contributed by atoms with E-state index in [1.807, 2.05) is 42.6 Å². The van der Waals surface area contributed by atoms with Crippen molar-refractivity contribution in [2.75, 3.05) is 13.1 Å². The number of likely N-dealkylation sites (tertiary alicyclic amines) is 1. The molecule has 0 aliphatic carbocycles. The third-order valence-corrected chi connectivity index (χ3v) is 4.31. The molecule has 2 aromatic rings. The zero-order valence-electron chi connectivity index (χ0n) is 12.8. The fraction of sp³-hybridized carbons (Fsp3) is 0.389. The van der Waals surface area contributed by atoms with Gasteiger partial charge in [-0.25, -0.2) is 0 Å². The van der Waals surface area contributed by atoms with Crippen molar-refractivity contribution in [3.8, 4) is 5.75 Å². The summed E-state index contributed by atoms with van der Waals surface area (Å²) in [5.74, 6) is 0.115. The van der Waals surface area contributed by atoms with Crippen LogP contribution in [0.1, 0.15) is 30.4 Å². The molecule has 1 aromatic heterocycles. The smallest absolute Gasteiger partial charge is 0.168 e. The number of pyridine rings is 1. The summed E-state index contributed by atoms with van der Waals surface area (Å²) >= 11 is 0. The van der Waals surface area contributed by atoms with Crippen LogP contribution < -0.4 is 5.49 Å². The molecule has 1 aliphatic rings. The topological polar surface area (TPSA) is 52.2 Å². The summed E-state index contributed by atoms with van der Waals surface area (Å²) in [6, 6.07) is 12.0. The normalized spacial score (nSPS) is 15.8. The van der Waals surface area contributed by atoms with Gasteiger partial charge in [-0.3, -0.25) is 10.3 Å². The summed E-state index contributed by atoms with van der Waals surface area (Å²) in [6.07, 6.45) is 5.68. The molecule has 0 amide bonds. The van der Waals surface area contributed by atoms with Gasteiger partial charge in [-0.1, -0.05) is 36.8 Å². The van der Waals surface area contributed by atoms with Crippen LogP contribution in [0.2, 0.25) is 0 Å². The molecule has 0 bridgehead atoms. The van der Waals surface area contributed by atoms with E-state index in [-0.39, 0.29) is 11.2 Å². The highest BCUT2D eigenvalue weighted by Gasteiger charge is 2.14. The number of hydrogen-bond acceptors (Lipinski definition) is 3. The Kier molecular flexibility index (Phi) is 4.59. The van der Waals surface area contributed by atoms with Crippen molar-refractivity contribution >= 4 is 0 Å². The number of piperidine rings is 1. The summed E-state index contributed by atoms with van der Waals surface area (Å²) in [5, 5.41) is 18.5. The highest BCUT2D eigenvalue weighted by atomic mass is 16.3. The maximum atomic E-state index is 10.4. The first-order valence-electron chi connectivity index (χ1n) is 7.96. The molecular formula is C18H23N3O. The van der Waals surface area contributed by atoms with Crippen LogP contribution in [0.25, 0.3) is 0 Å². The first kappa shape index (κ1) is 14.9. The van der Waals surface area contributed by atoms with Crippen molar-refractivity contribution in [1.82, 2.24) is 9.47 Å². The standard InChI is InChI=1S/C18H23N3O/c19-18-17(22)16(14-20-10-5-2-6-11-20)9-12-21(18)13-15-7-3-1-4-8-15/h1,3-4,7-9,12,19,22H,2,5-6,10-11,13-14H2. The Labute approximate surface area is 131 Å². The quantitative estimate of drug-likeness (QED) is 0.911. The lowest BCUT2D eigenvalue weighted by Gasteiger charge is -2.26. The van der Waals surface area contributed by atoms with Crippen molar-refractivity contribution < 1.29 is 5.11 Å². The van der Waals surface area contributed by atoms with E-state index in [1.165, 1.54) is 19.3 Å². The van der Waals surface area contributed by atoms with Gasteiger partial charge in [0, 0.05) is 24.8 Å². The highest BCUT2D eigenvalue weighted by molar-refractivity contribution is 5.29. The lowest BCUT2D eigenvalue weighted by atomic mass is 10.1. The van der Waals surface area contributed by atoms with E-state index in [4.69, 9.17) is 5.41 Å². The van der Waals surface area contributed by atoms with Crippen molar-refractivity contribution in [2.45, 2.75) is 32.4 Å². The molecule has 0 spiro atoms. The SMILES string of the molecule is N=c1c(O)c(CN2CCCCC2)ccn1Cc1ccccc1. The fourth-order valence-corrected chi connectivity index (χ4v) is 3.02. The van der Waals surface area contributed by atoms with Gasteiger partial charge < -0.3 is 9.67 Å². The predicted molar refractivity (Wildman–Crippen MR) is 86.6 cm³/mol. The van der Waals surface area contributed by atoms with E-state index in [0.717, 1.165) is 30.8 Å². The first-order chi connectivity index (χ1) is 10.7. The Bertz CT molecular complexity index is 672. The molecule has 1 aliphatic heterocycles. The van der Waals surface area contributed by atoms with Crippen LogP contribution in [0.15, 0.2) is 42.6 Å². The minimum Gasteiger partial charge on any atom is -0.504 e. The number of nitrogens with one attached hydrogen (secondary N) is 1. The molecule has 22 heavy (non-hydrogen) atoms. The van der Waals surface area contributed by atoms with E-state index in [9.17, 15) is 5.11 Å². The molecule has 4 nitrogen and oxygen atoms in total. The molecule has 2 N–H and O–H groups in total. The van der Waals surface area contributed by atoms with Gasteiger partial charge in [0.25, 0.3) is 0 Å². The number of hydrogen-bond donors (Lipinski definition) is 2. The van der Waals surface area contributed by atoms with Crippen LogP contribution in [0.5, 0.6) is 5.75 Å². The molecular weight excluding hydrogens is 274 g/mol. The lowest BCUT2D eigenvalue weighted by Crippen LogP contribution is -2.30. The fourth-order valence-electron chi connectivity index (χ4n) is 3.02. The average molecular weight is 297 g/mol. The largest absolute Gasteiger partial charge is 0.504 e. The molecule has 3 rings (SSSR count). The molecule has 116 valence electrons. The van der Waals surface area contributed by atoms with Crippen molar-refractivity contribution in [3.63, 3.8) is 0 Å². The van der Waals surface area contributed by atoms with E-state index in [1.54, 1.807) is 4.57 Å². The molecule has 0 unspecified atom stereocenters. The average Bonchev–Trinajstić information content (AvgIpc) is 2.56. The predicted octanol–water partition coefficient (Wildman–Crippen LogP) is 2.71. The zero-order chi connectivity index (χ0) is 15.4. The van der Waals surface area contributed by atoms with E-state index in [0.29, 0.717) is 6.54 Å². The first-order valence-corrected chi connectivity index (χ1v) is 7.96. The molecule has 0 saturated carbocycles. The lowest BCUT2D eigenvalue weighted by molar-refractivity contribution is 0.218. The minimum absolute atomic E-state index is 0.115. The second-order valence-electron chi connectivity index (χ2n) is 5.99. The van der Waals surface area contributed by atoms with Crippen LogP contribution in [-0.2, 0) is 13.1 Å². The second-order valence-corrected chi connectivity index (χ2v) is 5.99. The van der Waals surface area contributed by atoms with E-state index >= 15 is 0 Å². The molecule has 0 radical (unpaired) electrons. The Hall–Kier alpha value is -2.07. The van der Waals surface area contributed by atoms with Gasteiger partial charge in [0.15, 0.2) is 11.2 Å². The van der Waals surface area contributed by atoms with Gasteiger partial charge in [-0.2, -0.15) is 0 Å². The van der Waals surface area contributed by atoms with E-state index < -0.39 is 0 Å². The number of aromatic nitrogens is 1. The van der Waals surface area contributed by atoms with Crippen molar-refractivity contribution in [2.24, 2.45) is 0 Å².